The third-order valence-corrected chi connectivity index (χ3v) is 2.49. The van der Waals surface area contributed by atoms with Crippen molar-refractivity contribution in [2.75, 3.05) is 19.8 Å². The molecule has 0 aromatic heterocycles. The molecule has 1 heterocycles. The van der Waals surface area contributed by atoms with Crippen LogP contribution in [0.4, 0.5) is 0 Å². The summed E-state index contributed by atoms with van der Waals surface area (Å²) in [5.41, 5.74) is 0. The lowest BCUT2D eigenvalue weighted by molar-refractivity contribution is -0.149. The lowest BCUT2D eigenvalue weighted by Crippen LogP contribution is -2.35. The maximum Gasteiger partial charge on any atom is 0.332 e. The summed E-state index contributed by atoms with van der Waals surface area (Å²) in [5.74, 6) is -1.13. The largest absolute Gasteiger partial charge is 0.479 e. The zero-order chi connectivity index (χ0) is 12.7. The van der Waals surface area contributed by atoms with Crippen LogP contribution in [-0.4, -0.2) is 48.9 Å². The van der Waals surface area contributed by atoms with Crippen LogP contribution in [-0.2, 0) is 19.1 Å². The fourth-order valence-corrected chi connectivity index (χ4v) is 1.63. The summed E-state index contributed by atoms with van der Waals surface area (Å²) < 4.78 is 10.3. The first-order valence-electron chi connectivity index (χ1n) is 5.86. The van der Waals surface area contributed by atoms with Crippen molar-refractivity contribution in [1.82, 2.24) is 5.32 Å². The minimum Gasteiger partial charge on any atom is -0.479 e. The molecule has 0 saturated carbocycles. The molecule has 0 aliphatic carbocycles. The van der Waals surface area contributed by atoms with Crippen molar-refractivity contribution in [2.24, 2.45) is 0 Å². The highest BCUT2D eigenvalue weighted by Crippen LogP contribution is 2.18. The number of amides is 1. The number of carbonyl (C=O) groups is 2. The average Bonchev–Trinajstić information content (AvgIpc) is 2.75. The Morgan fingerprint density at radius 3 is 2.82 bits per heavy atom. The SMILES string of the molecule is CCCOCC(=O)NCC1CCC(C(=O)O)O1. The number of carbonyl (C=O) groups excluding carboxylic acids is 1. The Morgan fingerprint density at radius 2 is 2.24 bits per heavy atom. The number of rotatable bonds is 7. The molecule has 6 nitrogen and oxygen atoms in total. The third-order valence-electron chi connectivity index (χ3n) is 2.49. The fraction of sp³-hybridized carbons (Fsp3) is 0.818. The molecule has 1 saturated heterocycles. The first-order valence-corrected chi connectivity index (χ1v) is 5.86. The van der Waals surface area contributed by atoms with E-state index >= 15 is 0 Å². The number of carboxylic acid groups (broad SMARTS) is 1. The van der Waals surface area contributed by atoms with E-state index in [4.69, 9.17) is 14.6 Å². The first kappa shape index (κ1) is 13.9. The molecule has 2 unspecified atom stereocenters. The third kappa shape index (κ3) is 5.14. The van der Waals surface area contributed by atoms with E-state index in [2.05, 4.69) is 5.32 Å². The molecule has 6 heteroatoms. The van der Waals surface area contributed by atoms with E-state index in [9.17, 15) is 9.59 Å². The molecule has 2 N–H and O–H groups in total. The van der Waals surface area contributed by atoms with Gasteiger partial charge in [-0.1, -0.05) is 6.92 Å². The number of hydrogen-bond acceptors (Lipinski definition) is 4. The second-order valence-corrected chi connectivity index (χ2v) is 4.02. The molecular formula is C11H19NO5. The minimum atomic E-state index is -0.940. The monoisotopic (exact) mass is 245 g/mol. The van der Waals surface area contributed by atoms with Crippen LogP contribution in [0.1, 0.15) is 26.2 Å². The average molecular weight is 245 g/mol. The maximum absolute atomic E-state index is 11.3. The number of ether oxygens (including phenoxy) is 2. The van der Waals surface area contributed by atoms with Gasteiger partial charge in [-0.05, 0) is 19.3 Å². The quantitative estimate of drug-likeness (QED) is 0.624. The topological polar surface area (TPSA) is 84.9 Å². The van der Waals surface area contributed by atoms with Gasteiger partial charge in [0, 0.05) is 13.2 Å². The molecule has 0 aromatic rings. The zero-order valence-corrected chi connectivity index (χ0v) is 9.98. The lowest BCUT2D eigenvalue weighted by atomic mass is 10.2. The van der Waals surface area contributed by atoms with E-state index in [0.29, 0.717) is 26.0 Å². The van der Waals surface area contributed by atoms with Gasteiger partial charge in [0.1, 0.15) is 6.61 Å². The Balaban J connectivity index is 2.11. The van der Waals surface area contributed by atoms with Gasteiger partial charge in [0.25, 0.3) is 0 Å². The molecule has 98 valence electrons. The van der Waals surface area contributed by atoms with Crippen molar-refractivity contribution in [3.05, 3.63) is 0 Å². The number of nitrogens with one attached hydrogen (secondary N) is 1. The molecule has 0 aromatic carbocycles. The summed E-state index contributed by atoms with van der Waals surface area (Å²) in [6.45, 7) is 2.92. The number of carboxylic acids is 1. The molecule has 1 fully saturated rings. The highest BCUT2D eigenvalue weighted by molar-refractivity contribution is 5.77. The second kappa shape index (κ2) is 7.24. The van der Waals surface area contributed by atoms with Crippen LogP contribution < -0.4 is 5.32 Å². The molecule has 0 bridgehead atoms. The summed E-state index contributed by atoms with van der Waals surface area (Å²) in [5, 5.41) is 11.4. The van der Waals surface area contributed by atoms with E-state index < -0.39 is 12.1 Å². The van der Waals surface area contributed by atoms with Gasteiger partial charge in [-0.25, -0.2) is 4.79 Å². The molecule has 1 rings (SSSR count). The fourth-order valence-electron chi connectivity index (χ4n) is 1.63. The van der Waals surface area contributed by atoms with E-state index in [1.165, 1.54) is 0 Å². The smallest absolute Gasteiger partial charge is 0.332 e. The first-order chi connectivity index (χ1) is 8.13. The van der Waals surface area contributed by atoms with Crippen LogP contribution in [0.25, 0.3) is 0 Å². The maximum atomic E-state index is 11.3. The van der Waals surface area contributed by atoms with Crippen LogP contribution in [0.2, 0.25) is 0 Å². The summed E-state index contributed by atoms with van der Waals surface area (Å²) in [4.78, 5) is 21.9. The van der Waals surface area contributed by atoms with Crippen molar-refractivity contribution >= 4 is 11.9 Å². The van der Waals surface area contributed by atoms with Gasteiger partial charge in [0.15, 0.2) is 6.10 Å². The van der Waals surface area contributed by atoms with Crippen LogP contribution in [0.15, 0.2) is 0 Å². The van der Waals surface area contributed by atoms with Gasteiger partial charge in [0.05, 0.1) is 6.10 Å². The summed E-state index contributed by atoms with van der Waals surface area (Å²) in [7, 11) is 0. The number of hydrogen-bond donors (Lipinski definition) is 2. The van der Waals surface area contributed by atoms with E-state index in [1.54, 1.807) is 0 Å². The molecule has 2 atom stereocenters. The Morgan fingerprint density at radius 1 is 1.47 bits per heavy atom. The van der Waals surface area contributed by atoms with Crippen molar-refractivity contribution < 1.29 is 24.2 Å². The van der Waals surface area contributed by atoms with Crippen LogP contribution in [0.5, 0.6) is 0 Å². The summed E-state index contributed by atoms with van der Waals surface area (Å²) >= 11 is 0. The van der Waals surface area contributed by atoms with Crippen molar-refractivity contribution in [3.8, 4) is 0 Å². The molecule has 0 spiro atoms. The zero-order valence-electron chi connectivity index (χ0n) is 9.98. The van der Waals surface area contributed by atoms with Gasteiger partial charge in [0.2, 0.25) is 5.91 Å². The molecule has 0 radical (unpaired) electrons. The van der Waals surface area contributed by atoms with Crippen LogP contribution in [0, 0.1) is 0 Å². The second-order valence-electron chi connectivity index (χ2n) is 4.02. The lowest BCUT2D eigenvalue weighted by Gasteiger charge is -2.12. The number of aliphatic carboxylic acids is 1. The van der Waals surface area contributed by atoms with E-state index in [1.807, 2.05) is 6.92 Å². The van der Waals surface area contributed by atoms with Gasteiger partial charge in [-0.3, -0.25) is 4.79 Å². The van der Waals surface area contributed by atoms with Crippen LogP contribution in [0.3, 0.4) is 0 Å². The molecule has 1 aliphatic heterocycles. The Kier molecular flexibility index (Phi) is 5.93. The molecule has 1 amide bonds. The van der Waals surface area contributed by atoms with Gasteiger partial charge >= 0.3 is 5.97 Å². The predicted octanol–water partition coefficient (Wildman–Crippen LogP) is 0.161. The van der Waals surface area contributed by atoms with Gasteiger partial charge in [-0.2, -0.15) is 0 Å². The van der Waals surface area contributed by atoms with Gasteiger partial charge < -0.3 is 19.9 Å². The van der Waals surface area contributed by atoms with E-state index in [-0.39, 0.29) is 18.6 Å². The molecule has 1 aliphatic rings. The van der Waals surface area contributed by atoms with E-state index in [0.717, 1.165) is 6.42 Å². The Hall–Kier alpha value is -1.14. The highest BCUT2D eigenvalue weighted by Gasteiger charge is 2.30. The highest BCUT2D eigenvalue weighted by atomic mass is 16.5. The van der Waals surface area contributed by atoms with Crippen LogP contribution >= 0.6 is 0 Å². The molecular weight excluding hydrogens is 226 g/mol. The molecule has 17 heavy (non-hydrogen) atoms. The normalized spacial score (nSPS) is 23.6. The standard InChI is InChI=1S/C11H19NO5/c1-2-5-16-7-10(13)12-6-8-3-4-9(17-8)11(14)15/h8-9H,2-7H2,1H3,(H,12,13)(H,14,15). The van der Waals surface area contributed by atoms with Crippen molar-refractivity contribution in [1.29, 1.82) is 0 Å². The summed E-state index contributed by atoms with van der Waals surface area (Å²) in [6, 6.07) is 0. The van der Waals surface area contributed by atoms with Crippen molar-refractivity contribution in [3.63, 3.8) is 0 Å². The minimum absolute atomic E-state index is 0.0446. The van der Waals surface area contributed by atoms with Gasteiger partial charge in [-0.15, -0.1) is 0 Å². The van der Waals surface area contributed by atoms with Crippen molar-refractivity contribution in [2.45, 2.75) is 38.4 Å². The Labute approximate surface area is 100 Å². The Bertz CT molecular complexity index is 269. The summed E-state index contributed by atoms with van der Waals surface area (Å²) in [6.07, 6.45) is 1.11. The predicted molar refractivity (Wildman–Crippen MR) is 59.7 cm³/mol.